The summed E-state index contributed by atoms with van der Waals surface area (Å²) in [4.78, 5) is 48.0. The van der Waals surface area contributed by atoms with Crippen LogP contribution in [0.3, 0.4) is 0 Å². The van der Waals surface area contributed by atoms with Gasteiger partial charge >= 0.3 is 5.69 Å². The highest BCUT2D eigenvalue weighted by molar-refractivity contribution is 5.94. The van der Waals surface area contributed by atoms with E-state index in [2.05, 4.69) is 20.3 Å². The van der Waals surface area contributed by atoms with E-state index in [0.29, 0.717) is 16.4 Å². The number of amides is 1. The molecule has 0 unspecified atom stereocenters. The van der Waals surface area contributed by atoms with Gasteiger partial charge in [0.05, 0.1) is 21.9 Å². The van der Waals surface area contributed by atoms with E-state index in [1.54, 1.807) is 31.2 Å². The van der Waals surface area contributed by atoms with Gasteiger partial charge in [-0.15, -0.1) is 0 Å². The van der Waals surface area contributed by atoms with Crippen LogP contribution in [0.25, 0.3) is 21.9 Å². The molecule has 8 heteroatoms. The Bertz CT molecular complexity index is 1230. The van der Waals surface area contributed by atoms with Gasteiger partial charge < -0.3 is 9.97 Å². The van der Waals surface area contributed by atoms with Gasteiger partial charge in [-0.25, -0.2) is 14.3 Å². The number of benzene rings is 2. The molecule has 3 N–H and O–H groups in total. The van der Waals surface area contributed by atoms with Gasteiger partial charge in [0.25, 0.3) is 5.56 Å². The lowest BCUT2D eigenvalue weighted by Crippen LogP contribution is -2.42. The second-order valence-corrected chi connectivity index (χ2v) is 6.17. The van der Waals surface area contributed by atoms with Crippen LogP contribution < -0.4 is 16.6 Å². The number of rotatable bonds is 4. The molecule has 27 heavy (non-hydrogen) atoms. The minimum Gasteiger partial charge on any atom is -0.324 e. The second-order valence-electron chi connectivity index (χ2n) is 6.17. The lowest BCUT2D eigenvalue weighted by molar-refractivity contribution is -0.119. The van der Waals surface area contributed by atoms with Gasteiger partial charge in [-0.3, -0.25) is 14.9 Å². The van der Waals surface area contributed by atoms with E-state index < -0.39 is 23.2 Å². The molecule has 1 atom stereocenters. The number of aromatic amines is 2. The summed E-state index contributed by atoms with van der Waals surface area (Å²) < 4.78 is 0.959. The third kappa shape index (κ3) is 2.91. The van der Waals surface area contributed by atoms with Crippen LogP contribution in [-0.2, 0) is 4.79 Å². The van der Waals surface area contributed by atoms with Crippen LogP contribution >= 0.6 is 0 Å². The van der Waals surface area contributed by atoms with Crippen molar-refractivity contribution in [2.24, 2.45) is 0 Å². The topological polar surface area (TPSA) is 113 Å². The van der Waals surface area contributed by atoms with Crippen molar-refractivity contribution in [1.82, 2.24) is 19.5 Å². The van der Waals surface area contributed by atoms with Crippen molar-refractivity contribution < 1.29 is 4.79 Å². The fraction of sp³-hybridized carbons (Fsp3) is 0.158. The third-order valence-corrected chi connectivity index (χ3v) is 4.47. The summed E-state index contributed by atoms with van der Waals surface area (Å²) in [6.45, 7) is 1.74. The molecule has 2 heterocycles. The third-order valence-electron chi connectivity index (χ3n) is 4.47. The molecule has 0 fully saturated rings. The Kier molecular flexibility index (Phi) is 4.08. The van der Waals surface area contributed by atoms with E-state index >= 15 is 0 Å². The molecule has 136 valence electrons. The van der Waals surface area contributed by atoms with E-state index in [1.165, 1.54) is 0 Å². The summed E-state index contributed by atoms with van der Waals surface area (Å²) in [5.41, 5.74) is 0.811. The predicted octanol–water partition coefficient (Wildman–Crippen LogP) is 2.16. The normalized spacial score (nSPS) is 12.3. The van der Waals surface area contributed by atoms with E-state index in [-0.39, 0.29) is 12.4 Å². The lowest BCUT2D eigenvalue weighted by Gasteiger charge is -2.16. The second kappa shape index (κ2) is 6.56. The Morgan fingerprint density at radius 2 is 1.78 bits per heavy atom. The molecule has 0 aliphatic rings. The Labute approximate surface area is 152 Å². The van der Waals surface area contributed by atoms with Crippen molar-refractivity contribution in [2.45, 2.75) is 19.4 Å². The first-order chi connectivity index (χ1) is 13.1. The molecule has 0 bridgehead atoms. The quantitative estimate of drug-likeness (QED) is 0.516. The van der Waals surface area contributed by atoms with Gasteiger partial charge in [0.15, 0.2) is 0 Å². The molecular formula is C19H17N5O3. The Balaban J connectivity index is 1.73. The molecule has 2 aromatic heterocycles. The Hall–Kier alpha value is -3.68. The van der Waals surface area contributed by atoms with Gasteiger partial charge in [-0.2, -0.15) is 0 Å². The molecule has 0 radical (unpaired) electrons. The highest BCUT2D eigenvalue weighted by Crippen LogP contribution is 2.16. The summed E-state index contributed by atoms with van der Waals surface area (Å²) in [5, 5.41) is 3.02. The highest BCUT2D eigenvalue weighted by atomic mass is 16.2. The van der Waals surface area contributed by atoms with Crippen LogP contribution in [0, 0.1) is 0 Å². The Morgan fingerprint density at radius 1 is 1.07 bits per heavy atom. The first-order valence-electron chi connectivity index (χ1n) is 8.57. The van der Waals surface area contributed by atoms with E-state index in [4.69, 9.17) is 0 Å². The highest BCUT2D eigenvalue weighted by Gasteiger charge is 2.24. The first-order valence-corrected chi connectivity index (χ1v) is 8.57. The van der Waals surface area contributed by atoms with Gasteiger partial charge in [0, 0.05) is 0 Å². The van der Waals surface area contributed by atoms with E-state index in [1.807, 2.05) is 24.3 Å². The molecule has 8 nitrogen and oxygen atoms in total. The van der Waals surface area contributed by atoms with Gasteiger partial charge in [-0.1, -0.05) is 31.2 Å². The molecular weight excluding hydrogens is 346 g/mol. The minimum absolute atomic E-state index is 0.268. The van der Waals surface area contributed by atoms with Crippen molar-refractivity contribution in [1.29, 1.82) is 0 Å². The molecule has 1 amide bonds. The van der Waals surface area contributed by atoms with Crippen LogP contribution in [0.15, 0.2) is 58.1 Å². The maximum atomic E-state index is 12.8. The number of carbonyl (C=O) groups is 1. The number of nitrogens with zero attached hydrogens (tertiary/aromatic N) is 2. The zero-order valence-corrected chi connectivity index (χ0v) is 14.5. The van der Waals surface area contributed by atoms with Gasteiger partial charge in [0.1, 0.15) is 6.04 Å². The minimum atomic E-state index is -0.959. The van der Waals surface area contributed by atoms with Gasteiger partial charge in [0.2, 0.25) is 11.9 Å². The fourth-order valence-corrected chi connectivity index (χ4v) is 3.16. The van der Waals surface area contributed by atoms with Crippen LogP contribution in [-0.4, -0.2) is 25.4 Å². The summed E-state index contributed by atoms with van der Waals surface area (Å²) >= 11 is 0. The number of H-pyrrole nitrogens is 2. The molecule has 2 aromatic carbocycles. The van der Waals surface area contributed by atoms with Crippen LogP contribution in [0.1, 0.15) is 19.4 Å². The van der Waals surface area contributed by atoms with Crippen LogP contribution in [0.4, 0.5) is 5.95 Å². The molecule has 0 aliphatic heterocycles. The number of aromatic nitrogens is 4. The zero-order valence-electron chi connectivity index (χ0n) is 14.5. The summed E-state index contributed by atoms with van der Waals surface area (Å²) in [6.07, 6.45) is 0.271. The number of fused-ring (bicyclic) bond motifs is 2. The monoisotopic (exact) mass is 363 g/mol. The predicted molar refractivity (Wildman–Crippen MR) is 103 cm³/mol. The van der Waals surface area contributed by atoms with Crippen molar-refractivity contribution in [2.75, 3.05) is 5.32 Å². The number of nitrogens with one attached hydrogen (secondary N) is 3. The van der Waals surface area contributed by atoms with E-state index in [0.717, 1.165) is 10.1 Å². The standard InChI is InChI=1S/C19H17N5O3/c1-2-15(16(25)23-18-20-13-9-5-6-10-14(13)21-18)24-17(26)11-7-3-4-8-12(11)22-19(24)27/h3-10,15H,2H2,1H3,(H,22,27)(H2,20,21,23,25)/t15-/m1/s1. The molecule has 0 spiro atoms. The van der Waals surface area contributed by atoms with Crippen molar-refractivity contribution >= 4 is 33.8 Å². The zero-order chi connectivity index (χ0) is 19.0. The van der Waals surface area contributed by atoms with E-state index in [9.17, 15) is 14.4 Å². The molecule has 0 aliphatic carbocycles. The molecule has 4 rings (SSSR count). The molecule has 0 saturated heterocycles. The van der Waals surface area contributed by atoms with Crippen molar-refractivity contribution in [3.8, 4) is 0 Å². The SMILES string of the molecule is CC[C@H](C(=O)Nc1nc2ccccc2[nH]1)n1c(=O)[nH]c2ccccc2c1=O. The first kappa shape index (κ1) is 16.8. The summed E-state index contributed by atoms with van der Waals surface area (Å²) in [7, 11) is 0. The average Bonchev–Trinajstić information content (AvgIpc) is 3.07. The maximum Gasteiger partial charge on any atom is 0.329 e. The number of anilines is 1. The van der Waals surface area contributed by atoms with Crippen LogP contribution in [0.5, 0.6) is 0 Å². The number of carbonyl (C=O) groups excluding carboxylic acids is 1. The maximum absolute atomic E-state index is 12.8. The number of hydrogen-bond donors (Lipinski definition) is 3. The van der Waals surface area contributed by atoms with Crippen molar-refractivity contribution in [3.63, 3.8) is 0 Å². The van der Waals surface area contributed by atoms with Gasteiger partial charge in [-0.05, 0) is 30.7 Å². The number of imidazole rings is 1. The van der Waals surface area contributed by atoms with Crippen molar-refractivity contribution in [3.05, 3.63) is 69.4 Å². The molecule has 4 aromatic rings. The Morgan fingerprint density at radius 3 is 2.52 bits per heavy atom. The summed E-state index contributed by atoms with van der Waals surface area (Å²) in [6, 6.07) is 13.1. The summed E-state index contributed by atoms with van der Waals surface area (Å²) in [5.74, 6) is -0.218. The number of hydrogen-bond acceptors (Lipinski definition) is 4. The number of para-hydroxylation sites is 3. The fourth-order valence-electron chi connectivity index (χ4n) is 3.16. The lowest BCUT2D eigenvalue weighted by atomic mass is 10.2. The smallest absolute Gasteiger partial charge is 0.324 e. The molecule has 0 saturated carbocycles. The average molecular weight is 363 g/mol. The van der Waals surface area contributed by atoms with Crippen LogP contribution in [0.2, 0.25) is 0 Å². The largest absolute Gasteiger partial charge is 0.329 e.